The molecule has 0 bridgehead atoms. The van der Waals surface area contributed by atoms with Gasteiger partial charge in [-0.3, -0.25) is 4.79 Å². The fraction of sp³-hybridized carbons (Fsp3) is 0.308. The fourth-order valence-electron chi connectivity index (χ4n) is 1.79. The van der Waals surface area contributed by atoms with Crippen LogP contribution in [0.2, 0.25) is 0 Å². The first-order chi connectivity index (χ1) is 9.77. The number of amides is 1. The first-order valence-electron chi connectivity index (χ1n) is 6.25. The lowest BCUT2D eigenvalue weighted by Crippen LogP contribution is -2.26. The number of hydrogen-bond donors (Lipinski definition) is 2. The Labute approximate surface area is 128 Å². The van der Waals surface area contributed by atoms with Gasteiger partial charge in [-0.2, -0.15) is 4.83 Å². The number of hydrazine groups is 1. The summed E-state index contributed by atoms with van der Waals surface area (Å²) in [5.41, 5.74) is 0.768. The van der Waals surface area contributed by atoms with E-state index < -0.39 is 9.84 Å². The molecular weight excluding hydrogens is 310 g/mol. The van der Waals surface area contributed by atoms with Crippen molar-refractivity contribution in [2.24, 2.45) is 0 Å². The molecule has 1 aromatic carbocycles. The Morgan fingerprint density at radius 1 is 1.33 bits per heavy atom. The average Bonchev–Trinajstić information content (AvgIpc) is 2.82. The van der Waals surface area contributed by atoms with Gasteiger partial charge in [0.05, 0.1) is 10.8 Å². The lowest BCUT2D eigenvalue weighted by Gasteiger charge is -2.12. The molecular formula is C13H17N3O3S2. The van der Waals surface area contributed by atoms with E-state index in [0.29, 0.717) is 0 Å². The lowest BCUT2D eigenvalue weighted by molar-refractivity contribution is -0.121. The zero-order valence-electron chi connectivity index (χ0n) is 12.0. The molecule has 0 spiro atoms. The Bertz CT molecular complexity index is 668. The number of carbonyl (C=O) groups excluding carboxylic acids is 1. The molecule has 0 aromatic heterocycles. The molecule has 1 aromatic rings. The van der Waals surface area contributed by atoms with Crippen LogP contribution >= 0.6 is 11.9 Å². The van der Waals surface area contributed by atoms with Crippen LogP contribution in [0.15, 0.2) is 40.4 Å². The first-order valence-corrected chi connectivity index (χ1v) is 8.96. The minimum absolute atomic E-state index is 0.141. The van der Waals surface area contributed by atoms with Gasteiger partial charge in [-0.25, -0.2) is 8.42 Å². The number of carbonyl (C=O) groups is 1. The predicted molar refractivity (Wildman–Crippen MR) is 82.7 cm³/mol. The Kier molecular flexibility index (Phi) is 4.60. The molecule has 0 saturated heterocycles. The molecule has 1 atom stereocenters. The summed E-state index contributed by atoms with van der Waals surface area (Å²) in [5, 5.41) is 5.28. The van der Waals surface area contributed by atoms with E-state index in [9.17, 15) is 13.2 Å². The molecule has 1 heterocycles. The van der Waals surface area contributed by atoms with E-state index in [1.165, 1.54) is 24.1 Å². The van der Waals surface area contributed by atoms with Crippen molar-refractivity contribution in [1.82, 2.24) is 15.2 Å². The second-order valence-electron chi connectivity index (χ2n) is 4.85. The second-order valence-corrected chi connectivity index (χ2v) is 7.69. The maximum Gasteiger partial charge on any atom is 0.232 e. The number of hydrogen-bond acceptors (Lipinski definition) is 6. The maximum absolute atomic E-state index is 12.2. The maximum atomic E-state index is 12.2. The van der Waals surface area contributed by atoms with Crippen LogP contribution in [0, 0.1) is 0 Å². The quantitative estimate of drug-likeness (QED) is 0.809. The van der Waals surface area contributed by atoms with Gasteiger partial charge in [0.2, 0.25) is 5.91 Å². The minimum atomic E-state index is -3.22. The van der Waals surface area contributed by atoms with Gasteiger partial charge in [0.15, 0.2) is 9.84 Å². The number of nitrogens with one attached hydrogen (secondary N) is 2. The van der Waals surface area contributed by atoms with Crippen LogP contribution in [0.3, 0.4) is 0 Å². The van der Waals surface area contributed by atoms with Gasteiger partial charge in [-0.15, -0.1) is 0 Å². The highest BCUT2D eigenvalue weighted by Gasteiger charge is 2.19. The topological polar surface area (TPSA) is 78.5 Å². The Morgan fingerprint density at radius 3 is 2.43 bits per heavy atom. The summed E-state index contributed by atoms with van der Waals surface area (Å²) in [5.74, 6) is -0.510. The van der Waals surface area contributed by atoms with Crippen LogP contribution in [-0.2, 0) is 14.6 Å². The van der Waals surface area contributed by atoms with Crippen LogP contribution in [0.5, 0.6) is 0 Å². The van der Waals surface area contributed by atoms with Gasteiger partial charge < -0.3 is 10.3 Å². The third-order valence-electron chi connectivity index (χ3n) is 3.06. The Hall–Kier alpha value is -1.51. The van der Waals surface area contributed by atoms with E-state index >= 15 is 0 Å². The lowest BCUT2D eigenvalue weighted by atomic mass is 10.0. The molecule has 0 fully saturated rings. The van der Waals surface area contributed by atoms with Gasteiger partial charge in [-0.05, 0) is 36.6 Å². The highest BCUT2D eigenvalue weighted by Crippen LogP contribution is 2.21. The van der Waals surface area contributed by atoms with Crippen molar-refractivity contribution in [3.05, 3.63) is 41.1 Å². The van der Waals surface area contributed by atoms with E-state index in [1.807, 2.05) is 7.05 Å². The molecule has 0 saturated carbocycles. The highest BCUT2D eigenvalue weighted by atomic mass is 32.2. The SMILES string of the molecule is CC(C(=O)NC1=CN(C)NS1)c1ccc(S(C)(=O)=O)cc1. The van der Waals surface area contributed by atoms with Crippen molar-refractivity contribution >= 4 is 27.7 Å². The number of benzene rings is 1. The molecule has 6 nitrogen and oxygen atoms in total. The normalized spacial score (nSPS) is 16.5. The van der Waals surface area contributed by atoms with Gasteiger partial charge in [0, 0.05) is 19.5 Å². The fourth-order valence-corrected chi connectivity index (χ4v) is 3.08. The second kappa shape index (κ2) is 6.08. The van der Waals surface area contributed by atoms with Crippen LogP contribution in [0.1, 0.15) is 18.4 Å². The predicted octanol–water partition coefficient (Wildman–Crippen LogP) is 1.21. The summed E-state index contributed by atoms with van der Waals surface area (Å²) in [7, 11) is -1.38. The summed E-state index contributed by atoms with van der Waals surface area (Å²) in [6.07, 6.45) is 2.94. The molecule has 2 N–H and O–H groups in total. The van der Waals surface area contributed by atoms with E-state index in [0.717, 1.165) is 16.8 Å². The van der Waals surface area contributed by atoms with Crippen molar-refractivity contribution < 1.29 is 13.2 Å². The Morgan fingerprint density at radius 2 is 1.95 bits per heavy atom. The average molecular weight is 327 g/mol. The van der Waals surface area contributed by atoms with E-state index in [4.69, 9.17) is 0 Å². The van der Waals surface area contributed by atoms with Crippen molar-refractivity contribution in [2.45, 2.75) is 17.7 Å². The molecule has 1 aliphatic rings. The molecule has 1 unspecified atom stereocenters. The summed E-state index contributed by atoms with van der Waals surface area (Å²) < 4.78 is 22.8. The zero-order chi connectivity index (χ0) is 15.6. The van der Waals surface area contributed by atoms with Crippen LogP contribution in [0.4, 0.5) is 0 Å². The number of rotatable bonds is 4. The molecule has 0 radical (unpaired) electrons. The van der Waals surface area contributed by atoms with Crippen molar-refractivity contribution in [3.63, 3.8) is 0 Å². The van der Waals surface area contributed by atoms with E-state index in [-0.39, 0.29) is 16.7 Å². The zero-order valence-corrected chi connectivity index (χ0v) is 13.6. The van der Waals surface area contributed by atoms with Gasteiger partial charge in [-0.1, -0.05) is 12.1 Å². The van der Waals surface area contributed by atoms with Crippen molar-refractivity contribution in [2.75, 3.05) is 13.3 Å². The van der Waals surface area contributed by atoms with Gasteiger partial charge in [0.1, 0.15) is 5.03 Å². The number of sulfone groups is 1. The third-order valence-corrected chi connectivity index (χ3v) is 4.99. The summed E-state index contributed by atoms with van der Waals surface area (Å²) in [6.45, 7) is 1.78. The Balaban J connectivity index is 2.07. The van der Waals surface area contributed by atoms with Crippen LogP contribution < -0.4 is 10.1 Å². The number of nitrogens with zero attached hydrogens (tertiary/aromatic N) is 1. The van der Waals surface area contributed by atoms with Gasteiger partial charge >= 0.3 is 0 Å². The van der Waals surface area contributed by atoms with Crippen molar-refractivity contribution in [3.8, 4) is 0 Å². The first kappa shape index (κ1) is 15.9. The molecule has 1 amide bonds. The minimum Gasteiger partial charge on any atom is -0.318 e. The molecule has 8 heteroatoms. The van der Waals surface area contributed by atoms with Crippen LogP contribution in [0.25, 0.3) is 0 Å². The van der Waals surface area contributed by atoms with E-state index in [1.54, 1.807) is 30.3 Å². The molecule has 0 aliphatic carbocycles. The summed E-state index contributed by atoms with van der Waals surface area (Å²) in [6, 6.07) is 6.38. The standard InChI is InChI=1S/C13H17N3O3S2/c1-9(13(17)14-12-8-16(2)15-20-12)10-4-6-11(7-5-10)21(3,18)19/h4-9,15H,1-3H3,(H,14,17). The smallest absolute Gasteiger partial charge is 0.232 e. The van der Waals surface area contributed by atoms with Crippen molar-refractivity contribution in [1.29, 1.82) is 0 Å². The summed E-state index contributed by atoms with van der Waals surface area (Å²) >= 11 is 1.32. The molecule has 114 valence electrons. The highest BCUT2D eigenvalue weighted by molar-refractivity contribution is 8.01. The monoisotopic (exact) mass is 327 g/mol. The third kappa shape index (κ3) is 3.99. The summed E-state index contributed by atoms with van der Waals surface area (Å²) in [4.78, 5) is 15.4. The van der Waals surface area contributed by atoms with Crippen LogP contribution in [-0.4, -0.2) is 32.6 Å². The van der Waals surface area contributed by atoms with Gasteiger partial charge in [0.25, 0.3) is 0 Å². The molecule has 1 aliphatic heterocycles. The largest absolute Gasteiger partial charge is 0.318 e. The molecule has 2 rings (SSSR count). The molecule has 21 heavy (non-hydrogen) atoms. The van der Waals surface area contributed by atoms with E-state index in [2.05, 4.69) is 10.1 Å².